The molecule has 2 aromatic carbocycles. The van der Waals surface area contributed by atoms with Crippen molar-refractivity contribution >= 4 is 10.9 Å². The lowest BCUT2D eigenvalue weighted by molar-refractivity contribution is 0.606. The van der Waals surface area contributed by atoms with E-state index >= 15 is 0 Å². The van der Waals surface area contributed by atoms with Gasteiger partial charge in [0.1, 0.15) is 5.82 Å². The summed E-state index contributed by atoms with van der Waals surface area (Å²) >= 11 is 0. The summed E-state index contributed by atoms with van der Waals surface area (Å²) in [6.07, 6.45) is 1.96. The molecule has 21 heavy (non-hydrogen) atoms. The molecule has 108 valence electrons. The van der Waals surface area contributed by atoms with Gasteiger partial charge in [0.2, 0.25) is 0 Å². The highest BCUT2D eigenvalue weighted by Gasteiger charge is 2.05. The van der Waals surface area contributed by atoms with E-state index in [1.54, 1.807) is 0 Å². The zero-order chi connectivity index (χ0) is 14.8. The van der Waals surface area contributed by atoms with E-state index in [9.17, 15) is 4.39 Å². The largest absolute Gasteiger partial charge is 0.361 e. The van der Waals surface area contributed by atoms with Gasteiger partial charge in [-0.25, -0.2) is 4.39 Å². The highest BCUT2D eigenvalue weighted by atomic mass is 19.1. The van der Waals surface area contributed by atoms with Crippen LogP contribution >= 0.6 is 0 Å². The van der Waals surface area contributed by atoms with Crippen molar-refractivity contribution in [2.45, 2.75) is 26.9 Å². The molecule has 0 unspecified atom stereocenters. The molecule has 3 aromatic rings. The molecule has 0 atom stereocenters. The molecule has 0 saturated carbocycles. The SMILES string of the molecule is Cc1cc(CNCc2cccc3[nH]ccc23)cc(C)c1F. The molecule has 3 rings (SSSR count). The number of fused-ring (bicyclic) bond motifs is 1. The summed E-state index contributed by atoms with van der Waals surface area (Å²) in [5.41, 5.74) is 4.96. The van der Waals surface area contributed by atoms with Crippen LogP contribution < -0.4 is 5.32 Å². The van der Waals surface area contributed by atoms with Crippen molar-refractivity contribution in [3.8, 4) is 0 Å². The Morgan fingerprint density at radius 2 is 1.81 bits per heavy atom. The van der Waals surface area contributed by atoms with Gasteiger partial charge in [0, 0.05) is 30.2 Å². The Labute approximate surface area is 124 Å². The molecule has 1 heterocycles. The number of hydrogen-bond donors (Lipinski definition) is 2. The monoisotopic (exact) mass is 282 g/mol. The zero-order valence-electron chi connectivity index (χ0n) is 12.3. The number of aryl methyl sites for hydroxylation is 2. The molecule has 3 heteroatoms. The zero-order valence-corrected chi connectivity index (χ0v) is 12.3. The van der Waals surface area contributed by atoms with E-state index in [-0.39, 0.29) is 5.82 Å². The molecule has 1 aromatic heterocycles. The normalized spacial score (nSPS) is 11.2. The second-order valence-electron chi connectivity index (χ2n) is 5.50. The van der Waals surface area contributed by atoms with Crippen LogP contribution in [0.2, 0.25) is 0 Å². The Bertz CT molecular complexity index is 751. The Hall–Kier alpha value is -2.13. The predicted molar refractivity (Wildman–Crippen MR) is 84.7 cm³/mol. The summed E-state index contributed by atoms with van der Waals surface area (Å²) in [6.45, 7) is 5.16. The molecule has 0 aliphatic carbocycles. The maximum absolute atomic E-state index is 13.6. The van der Waals surface area contributed by atoms with Crippen LogP contribution in [0.3, 0.4) is 0 Å². The molecule has 2 nitrogen and oxygen atoms in total. The minimum Gasteiger partial charge on any atom is -0.361 e. The maximum Gasteiger partial charge on any atom is 0.129 e. The molecule has 0 bridgehead atoms. The van der Waals surface area contributed by atoms with E-state index in [2.05, 4.69) is 34.6 Å². The Kier molecular flexibility index (Phi) is 3.76. The predicted octanol–water partition coefficient (Wildman–Crippen LogP) is 4.21. The van der Waals surface area contributed by atoms with Crippen LogP contribution in [0.25, 0.3) is 10.9 Å². The first-order valence-electron chi connectivity index (χ1n) is 7.16. The Morgan fingerprint density at radius 1 is 1.05 bits per heavy atom. The van der Waals surface area contributed by atoms with E-state index < -0.39 is 0 Å². The topological polar surface area (TPSA) is 27.8 Å². The molecular formula is C18H19FN2. The molecular weight excluding hydrogens is 263 g/mol. The lowest BCUT2D eigenvalue weighted by atomic mass is 10.1. The van der Waals surface area contributed by atoms with Gasteiger partial charge in [-0.2, -0.15) is 0 Å². The van der Waals surface area contributed by atoms with Crippen LogP contribution in [0, 0.1) is 19.7 Å². The molecule has 0 saturated heterocycles. The second kappa shape index (κ2) is 5.70. The fourth-order valence-corrected chi connectivity index (χ4v) is 2.78. The molecule has 0 amide bonds. The van der Waals surface area contributed by atoms with Crippen molar-refractivity contribution in [1.29, 1.82) is 0 Å². The quantitative estimate of drug-likeness (QED) is 0.737. The van der Waals surface area contributed by atoms with Crippen LogP contribution in [-0.4, -0.2) is 4.98 Å². The standard InChI is InChI=1S/C18H19FN2/c1-12-8-14(9-13(2)18(12)19)10-20-11-15-4-3-5-17-16(15)6-7-21-17/h3-9,20-21H,10-11H2,1-2H3. The minimum atomic E-state index is -0.101. The highest BCUT2D eigenvalue weighted by molar-refractivity contribution is 5.82. The van der Waals surface area contributed by atoms with Gasteiger partial charge < -0.3 is 10.3 Å². The second-order valence-corrected chi connectivity index (χ2v) is 5.50. The molecule has 2 N–H and O–H groups in total. The van der Waals surface area contributed by atoms with Crippen molar-refractivity contribution in [2.75, 3.05) is 0 Å². The van der Waals surface area contributed by atoms with Gasteiger partial charge in [-0.05, 0) is 48.2 Å². The van der Waals surface area contributed by atoms with Crippen molar-refractivity contribution in [2.24, 2.45) is 0 Å². The average Bonchev–Trinajstić information content (AvgIpc) is 2.94. The lowest BCUT2D eigenvalue weighted by Gasteiger charge is -2.09. The number of nitrogens with one attached hydrogen (secondary N) is 2. The van der Waals surface area contributed by atoms with Gasteiger partial charge in [-0.15, -0.1) is 0 Å². The van der Waals surface area contributed by atoms with E-state index in [0.29, 0.717) is 11.1 Å². The van der Waals surface area contributed by atoms with Crippen molar-refractivity contribution in [1.82, 2.24) is 10.3 Å². The Balaban J connectivity index is 1.70. The summed E-state index contributed by atoms with van der Waals surface area (Å²) in [5, 5.41) is 4.68. The van der Waals surface area contributed by atoms with Crippen LogP contribution in [0.15, 0.2) is 42.6 Å². The maximum atomic E-state index is 13.6. The molecule has 0 fully saturated rings. The summed E-state index contributed by atoms with van der Waals surface area (Å²) in [7, 11) is 0. The Morgan fingerprint density at radius 3 is 2.57 bits per heavy atom. The van der Waals surface area contributed by atoms with Crippen molar-refractivity contribution in [3.05, 3.63) is 70.7 Å². The minimum absolute atomic E-state index is 0.101. The average molecular weight is 282 g/mol. The highest BCUT2D eigenvalue weighted by Crippen LogP contribution is 2.18. The summed E-state index contributed by atoms with van der Waals surface area (Å²) in [6, 6.07) is 12.2. The third kappa shape index (κ3) is 2.83. The van der Waals surface area contributed by atoms with Gasteiger partial charge in [-0.1, -0.05) is 24.3 Å². The number of hydrogen-bond acceptors (Lipinski definition) is 1. The van der Waals surface area contributed by atoms with Crippen molar-refractivity contribution < 1.29 is 4.39 Å². The van der Waals surface area contributed by atoms with Gasteiger partial charge in [0.15, 0.2) is 0 Å². The fourth-order valence-electron chi connectivity index (χ4n) is 2.78. The van der Waals surface area contributed by atoms with Crippen molar-refractivity contribution in [3.63, 3.8) is 0 Å². The molecule has 0 spiro atoms. The smallest absolute Gasteiger partial charge is 0.129 e. The van der Waals surface area contributed by atoms with Gasteiger partial charge in [0.05, 0.1) is 0 Å². The number of benzene rings is 2. The van der Waals surface area contributed by atoms with Gasteiger partial charge in [0.25, 0.3) is 0 Å². The van der Waals surface area contributed by atoms with E-state index in [1.165, 1.54) is 10.9 Å². The lowest BCUT2D eigenvalue weighted by Crippen LogP contribution is -2.13. The molecule has 0 aliphatic rings. The van der Waals surface area contributed by atoms with Gasteiger partial charge in [-0.3, -0.25) is 0 Å². The summed E-state index contributed by atoms with van der Waals surface area (Å²) < 4.78 is 13.6. The first-order chi connectivity index (χ1) is 10.1. The van der Waals surface area contributed by atoms with E-state index in [1.807, 2.05) is 32.2 Å². The first-order valence-corrected chi connectivity index (χ1v) is 7.16. The fraction of sp³-hybridized carbons (Fsp3) is 0.222. The summed E-state index contributed by atoms with van der Waals surface area (Å²) in [4.78, 5) is 3.22. The van der Waals surface area contributed by atoms with E-state index in [0.717, 1.165) is 24.2 Å². The van der Waals surface area contributed by atoms with Crippen LogP contribution in [0.1, 0.15) is 22.3 Å². The van der Waals surface area contributed by atoms with Gasteiger partial charge >= 0.3 is 0 Å². The number of H-pyrrole nitrogens is 1. The van der Waals surface area contributed by atoms with E-state index in [4.69, 9.17) is 0 Å². The van der Waals surface area contributed by atoms with Crippen LogP contribution in [0.4, 0.5) is 4.39 Å². The number of aromatic amines is 1. The summed E-state index contributed by atoms with van der Waals surface area (Å²) in [5.74, 6) is -0.101. The number of aromatic nitrogens is 1. The first kappa shape index (κ1) is 13.8. The third-order valence-corrected chi connectivity index (χ3v) is 3.83. The number of halogens is 1. The number of rotatable bonds is 4. The molecule has 0 radical (unpaired) electrons. The van der Waals surface area contributed by atoms with Crippen LogP contribution in [0.5, 0.6) is 0 Å². The molecule has 0 aliphatic heterocycles. The third-order valence-electron chi connectivity index (χ3n) is 3.83. The van der Waals surface area contributed by atoms with Crippen LogP contribution in [-0.2, 0) is 13.1 Å².